The fourth-order valence-electron chi connectivity index (χ4n) is 1.58. The van der Waals surface area contributed by atoms with Crippen LogP contribution in [0.15, 0.2) is 0 Å². The van der Waals surface area contributed by atoms with Gasteiger partial charge in [0.05, 0.1) is 11.4 Å². The molecule has 1 atom stereocenters. The molecule has 0 aliphatic heterocycles. The standard InChI is InChI=1S/C13H26N4/c1-8(2)11-10(14)12(17(7)16-11)15-9(3)13(4,5)6/h8-9,15H,14H2,1-7H3. The van der Waals surface area contributed by atoms with E-state index in [2.05, 4.69) is 52.0 Å². The number of nitrogens with zero attached hydrogens (tertiary/aromatic N) is 2. The second-order valence-electron chi connectivity index (χ2n) is 6.16. The molecule has 1 rings (SSSR count). The van der Waals surface area contributed by atoms with Crippen molar-refractivity contribution in [1.82, 2.24) is 9.78 Å². The van der Waals surface area contributed by atoms with Gasteiger partial charge in [-0.2, -0.15) is 5.10 Å². The molecule has 0 saturated carbocycles. The van der Waals surface area contributed by atoms with Crippen LogP contribution in [0.3, 0.4) is 0 Å². The Morgan fingerprint density at radius 2 is 1.76 bits per heavy atom. The van der Waals surface area contributed by atoms with Gasteiger partial charge in [0.1, 0.15) is 5.82 Å². The minimum absolute atomic E-state index is 0.189. The van der Waals surface area contributed by atoms with E-state index < -0.39 is 0 Å². The lowest BCUT2D eigenvalue weighted by Gasteiger charge is -2.29. The van der Waals surface area contributed by atoms with Crippen LogP contribution in [0, 0.1) is 5.41 Å². The van der Waals surface area contributed by atoms with Crippen molar-refractivity contribution in [2.75, 3.05) is 11.1 Å². The lowest BCUT2D eigenvalue weighted by Crippen LogP contribution is -2.31. The molecule has 1 unspecified atom stereocenters. The van der Waals surface area contributed by atoms with Crippen molar-refractivity contribution >= 4 is 11.5 Å². The highest BCUT2D eigenvalue weighted by Crippen LogP contribution is 2.30. The van der Waals surface area contributed by atoms with Gasteiger partial charge >= 0.3 is 0 Å². The van der Waals surface area contributed by atoms with Crippen molar-refractivity contribution in [2.24, 2.45) is 12.5 Å². The number of nitrogen functional groups attached to an aromatic ring is 1. The highest BCUT2D eigenvalue weighted by atomic mass is 15.3. The molecule has 0 saturated heterocycles. The number of aryl methyl sites for hydroxylation is 1. The molecule has 3 N–H and O–H groups in total. The van der Waals surface area contributed by atoms with Crippen LogP contribution >= 0.6 is 0 Å². The first kappa shape index (κ1) is 13.9. The zero-order valence-corrected chi connectivity index (χ0v) is 12.1. The molecule has 0 bridgehead atoms. The summed E-state index contributed by atoms with van der Waals surface area (Å²) in [6, 6.07) is 0.334. The van der Waals surface area contributed by atoms with Crippen LogP contribution in [0.2, 0.25) is 0 Å². The number of anilines is 2. The average molecular weight is 238 g/mol. The third-order valence-electron chi connectivity index (χ3n) is 3.31. The van der Waals surface area contributed by atoms with Crippen LogP contribution in [0.1, 0.15) is 53.2 Å². The van der Waals surface area contributed by atoms with E-state index in [4.69, 9.17) is 5.73 Å². The van der Waals surface area contributed by atoms with E-state index in [1.54, 1.807) is 0 Å². The van der Waals surface area contributed by atoms with Crippen LogP contribution in [-0.2, 0) is 7.05 Å². The Labute approximate surface area is 105 Å². The summed E-state index contributed by atoms with van der Waals surface area (Å²) < 4.78 is 1.84. The summed E-state index contributed by atoms with van der Waals surface area (Å²) in [7, 11) is 1.93. The summed E-state index contributed by atoms with van der Waals surface area (Å²) in [6.45, 7) is 13.0. The second kappa shape index (κ2) is 4.59. The maximum atomic E-state index is 6.15. The number of nitrogens with one attached hydrogen (secondary N) is 1. The van der Waals surface area contributed by atoms with E-state index in [9.17, 15) is 0 Å². The van der Waals surface area contributed by atoms with E-state index in [-0.39, 0.29) is 5.41 Å². The van der Waals surface area contributed by atoms with Gasteiger partial charge in [0.15, 0.2) is 0 Å². The largest absolute Gasteiger partial charge is 0.394 e. The Morgan fingerprint density at radius 3 is 2.12 bits per heavy atom. The minimum Gasteiger partial charge on any atom is -0.394 e. The summed E-state index contributed by atoms with van der Waals surface area (Å²) in [6.07, 6.45) is 0. The summed E-state index contributed by atoms with van der Waals surface area (Å²) >= 11 is 0. The Kier molecular flexibility index (Phi) is 3.74. The molecule has 0 spiro atoms. The Hall–Kier alpha value is -1.19. The third-order valence-corrected chi connectivity index (χ3v) is 3.31. The van der Waals surface area contributed by atoms with Crippen LogP contribution < -0.4 is 11.1 Å². The molecule has 0 radical (unpaired) electrons. The van der Waals surface area contributed by atoms with Crippen molar-refractivity contribution in [3.8, 4) is 0 Å². The molecule has 0 amide bonds. The fraction of sp³-hybridized carbons (Fsp3) is 0.769. The molecule has 0 aliphatic rings. The first-order valence-electron chi connectivity index (χ1n) is 6.23. The molecular weight excluding hydrogens is 212 g/mol. The van der Waals surface area contributed by atoms with Gasteiger partial charge in [-0.15, -0.1) is 0 Å². The van der Waals surface area contributed by atoms with Gasteiger partial charge in [-0.05, 0) is 18.3 Å². The second-order valence-corrected chi connectivity index (χ2v) is 6.16. The zero-order valence-electron chi connectivity index (χ0n) is 12.1. The lowest BCUT2D eigenvalue weighted by atomic mass is 9.88. The first-order chi connectivity index (χ1) is 7.64. The van der Waals surface area contributed by atoms with E-state index in [0.29, 0.717) is 12.0 Å². The highest BCUT2D eigenvalue weighted by molar-refractivity contribution is 5.66. The number of hydrogen-bond acceptors (Lipinski definition) is 3. The number of hydrogen-bond donors (Lipinski definition) is 2. The first-order valence-corrected chi connectivity index (χ1v) is 6.23. The maximum absolute atomic E-state index is 6.15. The van der Waals surface area contributed by atoms with E-state index in [1.165, 1.54) is 0 Å². The van der Waals surface area contributed by atoms with Crippen molar-refractivity contribution in [2.45, 2.75) is 53.5 Å². The summed E-state index contributed by atoms with van der Waals surface area (Å²) in [4.78, 5) is 0. The average Bonchev–Trinajstić information content (AvgIpc) is 2.44. The van der Waals surface area contributed by atoms with Crippen molar-refractivity contribution in [3.05, 3.63) is 5.69 Å². The molecule has 1 aromatic heterocycles. The molecule has 0 aliphatic carbocycles. The summed E-state index contributed by atoms with van der Waals surface area (Å²) in [5, 5.41) is 7.94. The van der Waals surface area contributed by atoms with E-state index >= 15 is 0 Å². The SMILES string of the molecule is CC(C)c1nn(C)c(NC(C)C(C)(C)C)c1N. The molecule has 4 heteroatoms. The van der Waals surface area contributed by atoms with Gasteiger partial charge < -0.3 is 11.1 Å². The van der Waals surface area contributed by atoms with Gasteiger partial charge in [0.25, 0.3) is 0 Å². The maximum Gasteiger partial charge on any atom is 0.148 e. The minimum atomic E-state index is 0.189. The molecule has 4 nitrogen and oxygen atoms in total. The van der Waals surface area contributed by atoms with Crippen molar-refractivity contribution in [3.63, 3.8) is 0 Å². The van der Waals surface area contributed by atoms with Gasteiger partial charge in [-0.3, -0.25) is 4.68 Å². The van der Waals surface area contributed by atoms with Gasteiger partial charge in [-0.25, -0.2) is 0 Å². The summed E-state index contributed by atoms with van der Waals surface area (Å²) in [5.74, 6) is 1.28. The van der Waals surface area contributed by atoms with Gasteiger partial charge in [-0.1, -0.05) is 34.6 Å². The van der Waals surface area contributed by atoms with Crippen LogP contribution in [0.25, 0.3) is 0 Å². The van der Waals surface area contributed by atoms with Crippen LogP contribution in [-0.4, -0.2) is 15.8 Å². The molecule has 1 heterocycles. The van der Waals surface area contributed by atoms with Gasteiger partial charge in [0.2, 0.25) is 0 Å². The molecule has 0 fully saturated rings. The molecule has 98 valence electrons. The fourth-order valence-corrected chi connectivity index (χ4v) is 1.58. The topological polar surface area (TPSA) is 55.9 Å². The van der Waals surface area contributed by atoms with Gasteiger partial charge in [0, 0.05) is 13.1 Å². The smallest absolute Gasteiger partial charge is 0.148 e. The monoisotopic (exact) mass is 238 g/mol. The molecule has 1 aromatic rings. The number of rotatable bonds is 3. The highest BCUT2D eigenvalue weighted by Gasteiger charge is 2.23. The van der Waals surface area contributed by atoms with Crippen LogP contribution in [0.5, 0.6) is 0 Å². The zero-order chi connectivity index (χ0) is 13.4. The Bertz CT molecular complexity index is 385. The quantitative estimate of drug-likeness (QED) is 0.851. The molecule has 17 heavy (non-hydrogen) atoms. The van der Waals surface area contributed by atoms with E-state index in [0.717, 1.165) is 17.2 Å². The van der Waals surface area contributed by atoms with Crippen molar-refractivity contribution in [1.29, 1.82) is 0 Å². The molecular formula is C13H26N4. The number of aromatic nitrogens is 2. The summed E-state index contributed by atoms with van der Waals surface area (Å²) in [5.41, 5.74) is 8.09. The van der Waals surface area contributed by atoms with E-state index in [1.807, 2.05) is 11.7 Å². The Morgan fingerprint density at radius 1 is 1.24 bits per heavy atom. The normalized spacial score (nSPS) is 14.1. The predicted molar refractivity (Wildman–Crippen MR) is 74.2 cm³/mol. The lowest BCUT2D eigenvalue weighted by molar-refractivity contribution is 0.358. The van der Waals surface area contributed by atoms with Crippen LogP contribution in [0.4, 0.5) is 11.5 Å². The van der Waals surface area contributed by atoms with Crippen molar-refractivity contribution < 1.29 is 0 Å². The Balaban J connectivity index is 3.00. The third kappa shape index (κ3) is 2.93. The molecule has 0 aromatic carbocycles. The predicted octanol–water partition coefficient (Wildman–Crippen LogP) is 2.97. The number of nitrogens with two attached hydrogens (primary N) is 1.